The zero-order valence-corrected chi connectivity index (χ0v) is 16.7. The van der Waals surface area contributed by atoms with Crippen LogP contribution in [0.15, 0.2) is 53.0 Å². The molecule has 3 rings (SSSR count). The summed E-state index contributed by atoms with van der Waals surface area (Å²) in [6.45, 7) is 1.89. The molecule has 144 valence electrons. The summed E-state index contributed by atoms with van der Waals surface area (Å²) >= 11 is 3.44. The van der Waals surface area contributed by atoms with Crippen molar-refractivity contribution in [2.24, 2.45) is 0 Å². The number of nitrogens with one attached hydrogen (secondary N) is 1. The molecule has 0 spiro atoms. The number of benzene rings is 2. The van der Waals surface area contributed by atoms with Crippen LogP contribution in [0.3, 0.4) is 0 Å². The Morgan fingerprint density at radius 2 is 1.96 bits per heavy atom. The number of anilines is 1. The second-order valence-electron chi connectivity index (χ2n) is 6.40. The lowest BCUT2D eigenvalue weighted by atomic mass is 10.2. The summed E-state index contributed by atoms with van der Waals surface area (Å²) < 4.78 is 17.8. The molecule has 0 saturated carbocycles. The average Bonchev–Trinajstić information content (AvgIpc) is 3.20. The van der Waals surface area contributed by atoms with E-state index >= 15 is 0 Å². The number of para-hydroxylation sites is 1. The van der Waals surface area contributed by atoms with E-state index in [9.17, 15) is 4.79 Å². The standard InChI is InChI=1S/C21H24BrNO4/c22-19-6-1-2-7-20(19)26-14-4-8-21(24)23-16-9-11-17(12-10-16)27-15-18-5-3-13-25-18/h1-2,6-7,9-12,18H,3-5,8,13-15H2,(H,23,24). The molecule has 5 nitrogen and oxygen atoms in total. The van der Waals surface area contributed by atoms with Gasteiger partial charge in [-0.1, -0.05) is 12.1 Å². The molecule has 0 radical (unpaired) electrons. The molecule has 1 saturated heterocycles. The van der Waals surface area contributed by atoms with Gasteiger partial charge >= 0.3 is 0 Å². The predicted molar refractivity (Wildman–Crippen MR) is 108 cm³/mol. The van der Waals surface area contributed by atoms with Crippen LogP contribution < -0.4 is 14.8 Å². The number of amides is 1. The zero-order valence-electron chi connectivity index (χ0n) is 15.2. The predicted octanol–water partition coefficient (Wildman–Crippen LogP) is 4.80. The molecule has 2 aromatic carbocycles. The van der Waals surface area contributed by atoms with Crippen LogP contribution in [-0.4, -0.2) is 31.8 Å². The van der Waals surface area contributed by atoms with E-state index in [0.717, 1.165) is 41.1 Å². The van der Waals surface area contributed by atoms with E-state index in [0.29, 0.717) is 26.1 Å². The van der Waals surface area contributed by atoms with Crippen molar-refractivity contribution in [3.63, 3.8) is 0 Å². The Balaban J connectivity index is 1.34. The quantitative estimate of drug-likeness (QED) is 0.576. The monoisotopic (exact) mass is 433 g/mol. The third kappa shape index (κ3) is 6.56. The van der Waals surface area contributed by atoms with Gasteiger partial charge in [-0.2, -0.15) is 0 Å². The normalized spacial score (nSPS) is 16.1. The smallest absolute Gasteiger partial charge is 0.224 e. The van der Waals surface area contributed by atoms with E-state index in [2.05, 4.69) is 21.2 Å². The van der Waals surface area contributed by atoms with Crippen LogP contribution in [0.2, 0.25) is 0 Å². The third-order valence-electron chi connectivity index (χ3n) is 4.24. The van der Waals surface area contributed by atoms with Gasteiger partial charge in [0.25, 0.3) is 0 Å². The van der Waals surface area contributed by atoms with Crippen LogP contribution in [0.5, 0.6) is 11.5 Å². The summed E-state index contributed by atoms with van der Waals surface area (Å²) in [6.07, 6.45) is 3.41. The molecule has 1 unspecified atom stereocenters. The molecule has 1 fully saturated rings. The minimum absolute atomic E-state index is 0.0289. The van der Waals surface area contributed by atoms with E-state index in [1.807, 2.05) is 48.5 Å². The van der Waals surface area contributed by atoms with E-state index in [-0.39, 0.29) is 12.0 Å². The first-order valence-corrected chi connectivity index (χ1v) is 10.0. The highest BCUT2D eigenvalue weighted by Crippen LogP contribution is 2.24. The summed E-state index contributed by atoms with van der Waals surface area (Å²) in [5, 5.41) is 2.89. The Morgan fingerprint density at radius 1 is 1.15 bits per heavy atom. The van der Waals surface area contributed by atoms with Crippen molar-refractivity contribution in [3.05, 3.63) is 53.0 Å². The molecule has 27 heavy (non-hydrogen) atoms. The fraction of sp³-hybridized carbons (Fsp3) is 0.381. The first-order chi connectivity index (χ1) is 13.2. The maximum absolute atomic E-state index is 12.1. The Hall–Kier alpha value is -2.05. The fourth-order valence-electron chi connectivity index (χ4n) is 2.80. The molecule has 1 aliphatic rings. The Bertz CT molecular complexity index is 729. The van der Waals surface area contributed by atoms with Gasteiger partial charge in [0.2, 0.25) is 5.91 Å². The number of ether oxygens (including phenoxy) is 3. The highest BCUT2D eigenvalue weighted by molar-refractivity contribution is 9.10. The maximum atomic E-state index is 12.1. The van der Waals surface area contributed by atoms with Gasteiger partial charge in [-0.05, 0) is 71.6 Å². The number of rotatable bonds is 9. The van der Waals surface area contributed by atoms with Gasteiger partial charge < -0.3 is 19.5 Å². The molecule has 1 amide bonds. The van der Waals surface area contributed by atoms with Gasteiger partial charge in [-0.3, -0.25) is 4.79 Å². The minimum atomic E-state index is -0.0289. The fourth-order valence-corrected chi connectivity index (χ4v) is 3.20. The number of halogens is 1. The molecular weight excluding hydrogens is 410 g/mol. The maximum Gasteiger partial charge on any atom is 0.224 e. The Morgan fingerprint density at radius 3 is 2.70 bits per heavy atom. The second kappa shape index (κ2) is 10.3. The van der Waals surface area contributed by atoms with Gasteiger partial charge in [0, 0.05) is 18.7 Å². The summed E-state index contributed by atoms with van der Waals surface area (Å²) in [5.41, 5.74) is 0.760. The second-order valence-corrected chi connectivity index (χ2v) is 7.26. The lowest BCUT2D eigenvalue weighted by Crippen LogP contribution is -2.16. The molecule has 0 bridgehead atoms. The van der Waals surface area contributed by atoms with Gasteiger partial charge in [-0.15, -0.1) is 0 Å². The Labute approximate surface area is 168 Å². The molecule has 0 aliphatic carbocycles. The largest absolute Gasteiger partial charge is 0.492 e. The molecular formula is C21H24BrNO4. The van der Waals surface area contributed by atoms with Crippen molar-refractivity contribution in [3.8, 4) is 11.5 Å². The van der Waals surface area contributed by atoms with Crippen LogP contribution in [-0.2, 0) is 9.53 Å². The SMILES string of the molecule is O=C(CCCOc1ccccc1Br)Nc1ccc(OCC2CCCO2)cc1. The highest BCUT2D eigenvalue weighted by Gasteiger charge is 2.15. The zero-order chi connectivity index (χ0) is 18.9. The van der Waals surface area contributed by atoms with Crippen molar-refractivity contribution >= 4 is 27.5 Å². The van der Waals surface area contributed by atoms with Crippen LogP contribution >= 0.6 is 15.9 Å². The number of carbonyl (C=O) groups excluding carboxylic acids is 1. The van der Waals surface area contributed by atoms with Crippen molar-refractivity contribution < 1.29 is 19.0 Å². The van der Waals surface area contributed by atoms with Crippen molar-refractivity contribution in [2.45, 2.75) is 31.8 Å². The van der Waals surface area contributed by atoms with Crippen molar-refractivity contribution in [2.75, 3.05) is 25.1 Å². The van der Waals surface area contributed by atoms with Crippen LogP contribution in [0.4, 0.5) is 5.69 Å². The van der Waals surface area contributed by atoms with Gasteiger partial charge in [0.05, 0.1) is 17.2 Å². The average molecular weight is 434 g/mol. The summed E-state index contributed by atoms with van der Waals surface area (Å²) in [6, 6.07) is 15.1. The third-order valence-corrected chi connectivity index (χ3v) is 4.90. The topological polar surface area (TPSA) is 56.8 Å². The molecule has 1 N–H and O–H groups in total. The Kier molecular flexibility index (Phi) is 7.54. The summed E-state index contributed by atoms with van der Waals surface area (Å²) in [5.74, 6) is 1.54. The van der Waals surface area contributed by atoms with E-state index in [1.54, 1.807) is 0 Å². The molecule has 1 atom stereocenters. The van der Waals surface area contributed by atoms with Gasteiger partial charge in [0.1, 0.15) is 18.1 Å². The van der Waals surface area contributed by atoms with Crippen LogP contribution in [0, 0.1) is 0 Å². The highest BCUT2D eigenvalue weighted by atomic mass is 79.9. The first kappa shape index (κ1) is 19.7. The number of carbonyl (C=O) groups is 1. The molecule has 1 heterocycles. The molecule has 0 aromatic heterocycles. The summed E-state index contributed by atoms with van der Waals surface area (Å²) in [7, 11) is 0. The van der Waals surface area contributed by atoms with E-state index in [4.69, 9.17) is 14.2 Å². The molecule has 6 heteroatoms. The molecule has 2 aromatic rings. The number of hydrogen-bond donors (Lipinski definition) is 1. The lowest BCUT2D eigenvalue weighted by molar-refractivity contribution is -0.116. The molecule has 1 aliphatic heterocycles. The van der Waals surface area contributed by atoms with Gasteiger partial charge in [-0.25, -0.2) is 0 Å². The van der Waals surface area contributed by atoms with Crippen molar-refractivity contribution in [1.29, 1.82) is 0 Å². The van der Waals surface area contributed by atoms with E-state index in [1.165, 1.54) is 0 Å². The minimum Gasteiger partial charge on any atom is -0.492 e. The van der Waals surface area contributed by atoms with Gasteiger partial charge in [0.15, 0.2) is 0 Å². The lowest BCUT2D eigenvalue weighted by Gasteiger charge is -2.12. The van der Waals surface area contributed by atoms with Crippen LogP contribution in [0.1, 0.15) is 25.7 Å². The van der Waals surface area contributed by atoms with E-state index < -0.39 is 0 Å². The first-order valence-electron chi connectivity index (χ1n) is 9.22. The number of hydrogen-bond acceptors (Lipinski definition) is 4. The van der Waals surface area contributed by atoms with Crippen molar-refractivity contribution in [1.82, 2.24) is 0 Å². The summed E-state index contributed by atoms with van der Waals surface area (Å²) in [4.78, 5) is 12.1. The van der Waals surface area contributed by atoms with Crippen LogP contribution in [0.25, 0.3) is 0 Å².